The minimum atomic E-state index is -1.12. The first-order valence-electron chi connectivity index (χ1n) is 7.85. The van der Waals surface area contributed by atoms with Crippen LogP contribution in [0.4, 0.5) is 4.39 Å². The lowest BCUT2D eigenvalue weighted by atomic mass is 9.54. The van der Waals surface area contributed by atoms with Gasteiger partial charge in [-0.05, 0) is 13.0 Å². The monoisotopic (exact) mass is 360 g/mol. The molecule has 3 atom stereocenters. The van der Waals surface area contributed by atoms with Crippen LogP contribution in [0.25, 0.3) is 0 Å². The first-order valence-corrected chi connectivity index (χ1v) is 7.85. The summed E-state index contributed by atoms with van der Waals surface area (Å²) in [5.74, 6) is -0.856. The van der Waals surface area contributed by atoms with Gasteiger partial charge >= 0.3 is 0 Å². The fourth-order valence-corrected chi connectivity index (χ4v) is 3.02. The zero-order valence-electron chi connectivity index (χ0n) is 14.2. The molecule has 0 aromatic heterocycles. The maximum atomic E-state index is 13.6. The third-order valence-electron chi connectivity index (χ3n) is 4.96. The predicted octanol–water partition coefficient (Wildman–Crippen LogP) is 1.93. The number of ether oxygens (including phenoxy) is 1. The second-order valence-electron chi connectivity index (χ2n) is 6.59. The van der Waals surface area contributed by atoms with E-state index in [1.807, 2.05) is 20.8 Å². The van der Waals surface area contributed by atoms with Crippen LogP contribution in [0, 0.1) is 11.2 Å². The predicted molar refractivity (Wildman–Crippen MR) is 92.3 cm³/mol. The molecule has 0 saturated heterocycles. The summed E-state index contributed by atoms with van der Waals surface area (Å²) in [5.41, 5.74) is 4.85. The van der Waals surface area contributed by atoms with Crippen LogP contribution in [0.2, 0.25) is 0 Å². The number of hydrogen-bond donors (Lipinski definition) is 3. The molecule has 0 aliphatic heterocycles. The highest BCUT2D eigenvalue weighted by Crippen LogP contribution is 2.49. The topological polar surface area (TPSA) is 84.6 Å². The van der Waals surface area contributed by atoms with E-state index in [-0.39, 0.29) is 36.5 Å². The molecular weight excluding hydrogens is 335 g/mol. The van der Waals surface area contributed by atoms with Crippen LogP contribution >= 0.6 is 12.4 Å². The number of hydrogen-bond acceptors (Lipinski definition) is 4. The Hall–Kier alpha value is -1.21. The molecule has 1 fully saturated rings. The number of aliphatic hydroxyl groups excluding tert-OH is 1. The summed E-state index contributed by atoms with van der Waals surface area (Å²) in [6.07, 6.45) is -0.760. The molecular formula is C17H26ClFN2O3. The van der Waals surface area contributed by atoms with Gasteiger partial charge in [0.05, 0.1) is 12.2 Å². The Bertz CT molecular complexity index is 585. The first-order chi connectivity index (χ1) is 10.7. The molecule has 1 aliphatic rings. The van der Waals surface area contributed by atoms with Gasteiger partial charge in [0.1, 0.15) is 11.4 Å². The van der Waals surface area contributed by atoms with Crippen LogP contribution < -0.4 is 11.1 Å². The number of rotatable bonds is 6. The van der Waals surface area contributed by atoms with Gasteiger partial charge in [-0.1, -0.05) is 32.0 Å². The molecule has 1 amide bonds. The summed E-state index contributed by atoms with van der Waals surface area (Å²) in [4.78, 5) is 12.4. The number of benzene rings is 1. The maximum Gasteiger partial charge on any atom is 0.240 e. The summed E-state index contributed by atoms with van der Waals surface area (Å²) in [5, 5.41) is 12.7. The molecule has 1 aliphatic carbocycles. The van der Waals surface area contributed by atoms with E-state index >= 15 is 0 Å². The van der Waals surface area contributed by atoms with E-state index in [9.17, 15) is 14.3 Å². The van der Waals surface area contributed by atoms with Crippen LogP contribution in [0.3, 0.4) is 0 Å². The quantitative estimate of drug-likeness (QED) is 0.723. The second-order valence-corrected chi connectivity index (χ2v) is 6.59. The van der Waals surface area contributed by atoms with Crippen LogP contribution in [-0.2, 0) is 9.53 Å². The molecule has 2 rings (SSSR count). The molecule has 0 spiro atoms. The molecule has 7 heteroatoms. The normalized spacial score (nSPS) is 26.0. The van der Waals surface area contributed by atoms with Crippen molar-refractivity contribution in [1.82, 2.24) is 5.32 Å². The molecule has 0 bridgehead atoms. The molecule has 4 N–H and O–H groups in total. The van der Waals surface area contributed by atoms with E-state index in [4.69, 9.17) is 10.5 Å². The Labute approximate surface area is 148 Å². The van der Waals surface area contributed by atoms with Gasteiger partial charge in [0, 0.05) is 30.6 Å². The summed E-state index contributed by atoms with van der Waals surface area (Å²) in [6, 6.07) is 5.94. The minimum Gasteiger partial charge on any atom is -0.386 e. The highest BCUT2D eigenvalue weighted by molar-refractivity contribution is 5.88. The maximum absolute atomic E-state index is 13.6. The summed E-state index contributed by atoms with van der Waals surface area (Å²) >= 11 is 0. The summed E-state index contributed by atoms with van der Waals surface area (Å²) in [7, 11) is 0. The van der Waals surface area contributed by atoms with Crippen LogP contribution in [0.5, 0.6) is 0 Å². The molecule has 0 radical (unpaired) electrons. The van der Waals surface area contributed by atoms with Crippen molar-refractivity contribution in [3.8, 4) is 0 Å². The van der Waals surface area contributed by atoms with Crippen molar-refractivity contribution in [2.24, 2.45) is 11.1 Å². The lowest BCUT2D eigenvalue weighted by Crippen LogP contribution is -2.75. The van der Waals surface area contributed by atoms with E-state index in [2.05, 4.69) is 5.32 Å². The molecule has 0 heterocycles. The fraction of sp³-hybridized carbons (Fsp3) is 0.588. The van der Waals surface area contributed by atoms with Crippen molar-refractivity contribution in [2.45, 2.75) is 44.9 Å². The zero-order valence-corrected chi connectivity index (χ0v) is 15.0. The molecule has 24 heavy (non-hydrogen) atoms. The largest absolute Gasteiger partial charge is 0.386 e. The van der Waals surface area contributed by atoms with Gasteiger partial charge in [-0.3, -0.25) is 4.79 Å². The Morgan fingerprint density at radius 3 is 2.67 bits per heavy atom. The number of halogens is 2. The van der Waals surface area contributed by atoms with E-state index in [0.29, 0.717) is 13.0 Å². The standard InChI is InChI=1S/C17H25FN2O3.ClH/c1-4-23-14-9-17(19,16(14,2)3)15(22)20-10-13(21)11-7-5-6-8-12(11)18;/h5-8,13-14,21H,4,9-10,19H2,1-3H3,(H,20,22);1H. The fourth-order valence-electron chi connectivity index (χ4n) is 3.02. The van der Waals surface area contributed by atoms with E-state index in [1.54, 1.807) is 12.1 Å². The number of nitrogens with one attached hydrogen (secondary N) is 1. The van der Waals surface area contributed by atoms with Crippen molar-refractivity contribution in [3.63, 3.8) is 0 Å². The zero-order chi connectivity index (χ0) is 17.3. The van der Waals surface area contributed by atoms with Crippen LogP contribution in [0.15, 0.2) is 24.3 Å². The van der Waals surface area contributed by atoms with E-state index < -0.39 is 22.9 Å². The number of carbonyl (C=O) groups excluding carboxylic acids is 1. The number of nitrogens with two attached hydrogens (primary N) is 1. The van der Waals surface area contributed by atoms with Gasteiger partial charge in [0.15, 0.2) is 0 Å². The number of aliphatic hydroxyl groups is 1. The SMILES string of the molecule is CCOC1CC(N)(C(=O)NCC(O)c2ccccc2F)C1(C)C.Cl. The summed E-state index contributed by atoms with van der Waals surface area (Å²) in [6.45, 7) is 6.16. The second kappa shape index (κ2) is 7.78. The Morgan fingerprint density at radius 2 is 2.12 bits per heavy atom. The summed E-state index contributed by atoms with van der Waals surface area (Å²) < 4.78 is 19.2. The highest BCUT2D eigenvalue weighted by atomic mass is 35.5. The van der Waals surface area contributed by atoms with Gasteiger partial charge < -0.3 is 20.9 Å². The molecule has 1 saturated carbocycles. The minimum absolute atomic E-state index is 0. The van der Waals surface area contributed by atoms with Gasteiger partial charge in [-0.2, -0.15) is 0 Å². The van der Waals surface area contributed by atoms with Crippen LogP contribution in [-0.4, -0.2) is 35.8 Å². The van der Waals surface area contributed by atoms with Gasteiger partial charge in [0.25, 0.3) is 0 Å². The Kier molecular flexibility index (Phi) is 6.75. The Morgan fingerprint density at radius 1 is 1.50 bits per heavy atom. The van der Waals surface area contributed by atoms with Gasteiger partial charge in [-0.15, -0.1) is 12.4 Å². The van der Waals surface area contributed by atoms with Crippen molar-refractivity contribution >= 4 is 18.3 Å². The Balaban J connectivity index is 0.00000288. The molecule has 1 aromatic carbocycles. The van der Waals surface area contributed by atoms with E-state index in [1.165, 1.54) is 12.1 Å². The van der Waals surface area contributed by atoms with Gasteiger partial charge in [0.2, 0.25) is 5.91 Å². The van der Waals surface area contributed by atoms with Crippen molar-refractivity contribution < 1.29 is 19.0 Å². The van der Waals surface area contributed by atoms with E-state index in [0.717, 1.165) is 0 Å². The van der Waals surface area contributed by atoms with Gasteiger partial charge in [-0.25, -0.2) is 4.39 Å². The molecule has 5 nitrogen and oxygen atoms in total. The third kappa shape index (κ3) is 3.57. The van der Waals surface area contributed by atoms with Crippen molar-refractivity contribution in [1.29, 1.82) is 0 Å². The third-order valence-corrected chi connectivity index (χ3v) is 4.96. The molecule has 1 aromatic rings. The molecule has 3 unspecified atom stereocenters. The average molecular weight is 361 g/mol. The number of carbonyl (C=O) groups is 1. The van der Waals surface area contributed by atoms with Crippen molar-refractivity contribution in [2.75, 3.05) is 13.2 Å². The molecule has 136 valence electrons. The smallest absolute Gasteiger partial charge is 0.240 e. The average Bonchev–Trinajstić information content (AvgIpc) is 2.52. The lowest BCUT2D eigenvalue weighted by molar-refractivity contribution is -0.170. The highest BCUT2D eigenvalue weighted by Gasteiger charge is 2.62. The first kappa shape index (κ1) is 20.8. The van der Waals surface area contributed by atoms with Crippen LogP contribution in [0.1, 0.15) is 38.9 Å². The lowest BCUT2D eigenvalue weighted by Gasteiger charge is -2.57. The van der Waals surface area contributed by atoms with Crippen molar-refractivity contribution in [3.05, 3.63) is 35.6 Å². The number of amides is 1.